The summed E-state index contributed by atoms with van der Waals surface area (Å²) in [5.74, 6) is -0.677. The molecule has 8 nitrogen and oxygen atoms in total. The third-order valence-electron chi connectivity index (χ3n) is 4.22. The van der Waals surface area contributed by atoms with Gasteiger partial charge < -0.3 is 19.8 Å². The van der Waals surface area contributed by atoms with Crippen LogP contribution >= 0.6 is 0 Å². The quantitative estimate of drug-likeness (QED) is 0.611. The highest BCUT2D eigenvalue weighted by atomic mass is 16.6. The molecular formula is C17H23N3O5. The van der Waals surface area contributed by atoms with E-state index in [4.69, 9.17) is 4.74 Å². The summed E-state index contributed by atoms with van der Waals surface area (Å²) in [5, 5.41) is 11.1. The van der Waals surface area contributed by atoms with E-state index in [0.29, 0.717) is 5.69 Å². The first kappa shape index (κ1) is 18.8. The summed E-state index contributed by atoms with van der Waals surface area (Å²) < 4.78 is 5.40. The molecule has 1 aromatic rings. The largest absolute Gasteiger partial charge is 0.476 e. The van der Waals surface area contributed by atoms with Gasteiger partial charge >= 0.3 is 5.82 Å². The lowest BCUT2D eigenvalue weighted by Crippen LogP contribution is -2.64. The minimum atomic E-state index is -0.642. The Morgan fingerprint density at radius 2 is 1.84 bits per heavy atom. The van der Waals surface area contributed by atoms with Gasteiger partial charge in [0.05, 0.1) is 0 Å². The SMILES string of the molecule is Cc1ccc(OCC(=O)N2C(C)(C)CC(=O)CC2(C)C)c([N+](=O)[O-])n1. The van der Waals surface area contributed by atoms with Crippen LogP contribution in [0, 0.1) is 17.0 Å². The van der Waals surface area contributed by atoms with Gasteiger partial charge in [0.1, 0.15) is 11.5 Å². The van der Waals surface area contributed by atoms with Gasteiger partial charge in [-0.1, -0.05) is 0 Å². The zero-order valence-corrected chi connectivity index (χ0v) is 15.2. The second-order valence-corrected chi connectivity index (χ2v) is 7.57. The van der Waals surface area contributed by atoms with Crippen LogP contribution in [-0.2, 0) is 9.59 Å². The van der Waals surface area contributed by atoms with Gasteiger partial charge in [-0.25, -0.2) is 0 Å². The molecule has 2 heterocycles. The third kappa shape index (κ3) is 3.94. The van der Waals surface area contributed by atoms with E-state index in [1.165, 1.54) is 6.07 Å². The molecule has 0 radical (unpaired) electrons. The van der Waals surface area contributed by atoms with Crippen LogP contribution < -0.4 is 4.74 Å². The maximum atomic E-state index is 12.8. The monoisotopic (exact) mass is 349 g/mol. The fourth-order valence-electron chi connectivity index (χ4n) is 3.66. The minimum absolute atomic E-state index is 0.0485. The van der Waals surface area contributed by atoms with E-state index < -0.39 is 21.8 Å². The van der Waals surface area contributed by atoms with Gasteiger partial charge in [-0.15, -0.1) is 0 Å². The van der Waals surface area contributed by atoms with Crippen molar-refractivity contribution in [2.45, 2.75) is 58.5 Å². The Morgan fingerprint density at radius 1 is 1.28 bits per heavy atom. The normalized spacial score (nSPS) is 18.8. The smallest absolute Gasteiger partial charge is 0.406 e. The average Bonchev–Trinajstić information content (AvgIpc) is 2.42. The van der Waals surface area contributed by atoms with E-state index in [0.717, 1.165) is 0 Å². The van der Waals surface area contributed by atoms with E-state index in [1.807, 2.05) is 27.7 Å². The number of Topliss-reactive ketones (excluding diaryl/α,β-unsaturated/α-hetero) is 1. The number of pyridine rings is 1. The first-order valence-corrected chi connectivity index (χ1v) is 8.04. The summed E-state index contributed by atoms with van der Waals surface area (Å²) in [5.41, 5.74) is -0.796. The maximum absolute atomic E-state index is 12.8. The molecule has 0 aromatic carbocycles. The van der Waals surface area contributed by atoms with Crippen LogP contribution in [0.1, 0.15) is 46.2 Å². The van der Waals surface area contributed by atoms with Crippen LogP contribution in [0.5, 0.6) is 5.75 Å². The third-order valence-corrected chi connectivity index (χ3v) is 4.22. The molecule has 8 heteroatoms. The van der Waals surface area contributed by atoms with Crippen LogP contribution in [0.4, 0.5) is 5.82 Å². The molecule has 0 spiro atoms. The predicted molar refractivity (Wildman–Crippen MR) is 90.4 cm³/mol. The van der Waals surface area contributed by atoms with Gasteiger partial charge in [-0.05, 0) is 49.7 Å². The first-order valence-electron chi connectivity index (χ1n) is 8.04. The number of carbonyl (C=O) groups is 2. The molecule has 1 amide bonds. The number of piperidine rings is 1. The van der Waals surface area contributed by atoms with Crippen LogP contribution in [0.2, 0.25) is 0 Å². The lowest BCUT2D eigenvalue weighted by Gasteiger charge is -2.52. The molecule has 1 aliphatic rings. The molecule has 2 rings (SSSR count). The highest BCUT2D eigenvalue weighted by Gasteiger charge is 2.47. The number of nitrogens with zero attached hydrogens (tertiary/aromatic N) is 3. The zero-order valence-electron chi connectivity index (χ0n) is 15.2. The molecule has 136 valence electrons. The highest BCUT2D eigenvalue weighted by Crippen LogP contribution is 2.36. The molecule has 0 bridgehead atoms. The van der Waals surface area contributed by atoms with Crippen molar-refractivity contribution >= 4 is 17.5 Å². The van der Waals surface area contributed by atoms with Crippen LogP contribution in [0.15, 0.2) is 12.1 Å². The van der Waals surface area contributed by atoms with Gasteiger partial charge in [0.25, 0.3) is 5.91 Å². The van der Waals surface area contributed by atoms with Gasteiger partial charge in [-0.2, -0.15) is 0 Å². The molecule has 0 unspecified atom stereocenters. The number of aryl methyl sites for hydroxylation is 1. The number of amides is 1. The summed E-state index contributed by atoms with van der Waals surface area (Å²) in [6, 6.07) is 3.02. The Balaban J connectivity index is 2.20. The number of likely N-dealkylation sites (tertiary alicyclic amines) is 1. The number of carbonyl (C=O) groups excluding carboxylic acids is 2. The molecule has 0 saturated carbocycles. The number of hydrogen-bond acceptors (Lipinski definition) is 6. The molecule has 0 atom stereocenters. The molecule has 1 aliphatic heterocycles. The van der Waals surface area contributed by atoms with Gasteiger partial charge in [-0.3, -0.25) is 9.59 Å². The number of aromatic nitrogens is 1. The Kier molecular flexibility index (Phi) is 4.83. The van der Waals surface area contributed by atoms with Crippen molar-refractivity contribution in [2.24, 2.45) is 0 Å². The van der Waals surface area contributed by atoms with E-state index in [-0.39, 0.29) is 36.9 Å². The lowest BCUT2D eigenvalue weighted by molar-refractivity contribution is -0.390. The van der Waals surface area contributed by atoms with Gasteiger partial charge in [0.15, 0.2) is 6.61 Å². The summed E-state index contributed by atoms with van der Waals surface area (Å²) in [4.78, 5) is 40.6. The summed E-state index contributed by atoms with van der Waals surface area (Å²) >= 11 is 0. The Morgan fingerprint density at radius 3 is 2.36 bits per heavy atom. The van der Waals surface area contributed by atoms with Crippen molar-refractivity contribution in [3.63, 3.8) is 0 Å². The van der Waals surface area contributed by atoms with E-state index in [1.54, 1.807) is 17.9 Å². The summed E-state index contributed by atoms with van der Waals surface area (Å²) in [6.45, 7) is 8.61. The van der Waals surface area contributed by atoms with E-state index in [2.05, 4.69) is 4.98 Å². The fourth-order valence-corrected chi connectivity index (χ4v) is 3.66. The molecule has 1 fully saturated rings. The molecule has 1 aromatic heterocycles. The maximum Gasteiger partial charge on any atom is 0.406 e. The fraction of sp³-hybridized carbons (Fsp3) is 0.588. The van der Waals surface area contributed by atoms with Gasteiger partial charge in [0.2, 0.25) is 5.75 Å². The van der Waals surface area contributed by atoms with Crippen LogP contribution in [0.25, 0.3) is 0 Å². The van der Waals surface area contributed by atoms with Crippen LogP contribution in [0.3, 0.4) is 0 Å². The van der Waals surface area contributed by atoms with Crippen molar-refractivity contribution in [3.05, 3.63) is 27.9 Å². The lowest BCUT2D eigenvalue weighted by atomic mass is 9.79. The second-order valence-electron chi connectivity index (χ2n) is 7.57. The predicted octanol–water partition coefficient (Wildman–Crippen LogP) is 2.43. The molecule has 0 aliphatic carbocycles. The molecular weight excluding hydrogens is 326 g/mol. The second kappa shape index (κ2) is 6.42. The number of ketones is 1. The van der Waals surface area contributed by atoms with Crippen molar-refractivity contribution in [1.29, 1.82) is 0 Å². The Labute approximate surface area is 146 Å². The summed E-state index contributed by atoms with van der Waals surface area (Å²) in [6.07, 6.45) is 0.544. The highest BCUT2D eigenvalue weighted by molar-refractivity contribution is 5.87. The minimum Gasteiger partial charge on any atom is -0.476 e. The molecule has 1 saturated heterocycles. The number of ether oxygens (including phenoxy) is 1. The molecule has 0 N–H and O–H groups in total. The van der Waals surface area contributed by atoms with Crippen molar-refractivity contribution in [1.82, 2.24) is 9.88 Å². The van der Waals surface area contributed by atoms with Crippen molar-refractivity contribution in [3.8, 4) is 5.75 Å². The van der Waals surface area contributed by atoms with Crippen molar-refractivity contribution in [2.75, 3.05) is 6.61 Å². The Hall–Kier alpha value is -2.51. The Bertz CT molecular complexity index is 707. The van der Waals surface area contributed by atoms with E-state index >= 15 is 0 Å². The zero-order chi connectivity index (χ0) is 19.0. The standard InChI is InChI=1S/C17H23N3O5/c1-11-6-7-13(15(18-11)20(23)24)25-10-14(22)19-16(2,3)8-12(21)9-17(19,4)5/h6-7H,8-10H2,1-5H3. The summed E-state index contributed by atoms with van der Waals surface area (Å²) in [7, 11) is 0. The van der Waals surface area contributed by atoms with Crippen LogP contribution in [-0.4, -0.2) is 44.2 Å². The number of hydrogen-bond donors (Lipinski definition) is 0. The van der Waals surface area contributed by atoms with Gasteiger partial charge in [0, 0.05) is 30.8 Å². The molecule has 25 heavy (non-hydrogen) atoms. The van der Waals surface area contributed by atoms with E-state index in [9.17, 15) is 19.7 Å². The average molecular weight is 349 g/mol. The number of rotatable bonds is 4. The topological polar surface area (TPSA) is 103 Å². The van der Waals surface area contributed by atoms with Crippen molar-refractivity contribution < 1.29 is 19.2 Å². The number of nitro groups is 1. The first-order chi connectivity index (χ1) is 11.4.